The predicted octanol–water partition coefficient (Wildman–Crippen LogP) is 4.56. The summed E-state index contributed by atoms with van der Waals surface area (Å²) in [4.78, 5) is 11.3. The Morgan fingerprint density at radius 2 is 1.77 bits per heavy atom. The first kappa shape index (κ1) is 23.0. The predicted molar refractivity (Wildman–Crippen MR) is 121 cm³/mol. The molecule has 0 bridgehead atoms. The van der Waals surface area contributed by atoms with Crippen LogP contribution in [0.1, 0.15) is 25.1 Å². The van der Waals surface area contributed by atoms with Crippen molar-refractivity contribution < 1.29 is 13.9 Å². The van der Waals surface area contributed by atoms with E-state index in [2.05, 4.69) is 40.6 Å². The Hall–Kier alpha value is -2.72. The first-order valence-corrected chi connectivity index (χ1v) is 10.6. The minimum atomic E-state index is -0.393. The van der Waals surface area contributed by atoms with Crippen molar-refractivity contribution >= 4 is 22.6 Å². The third kappa shape index (κ3) is 6.63. The van der Waals surface area contributed by atoms with E-state index in [0.29, 0.717) is 41.6 Å². The summed E-state index contributed by atoms with van der Waals surface area (Å²) in [5, 5.41) is 0.546. The Kier molecular flexibility index (Phi) is 8.60. The molecule has 162 valence electrons. The van der Waals surface area contributed by atoms with Crippen LogP contribution in [-0.4, -0.2) is 54.3 Å². The second kappa shape index (κ2) is 11.6. The maximum Gasteiger partial charge on any atom is 0.249 e. The largest absolute Gasteiger partial charge is 0.473 e. The summed E-state index contributed by atoms with van der Waals surface area (Å²) >= 11 is 6.08. The maximum atomic E-state index is 13.9. The van der Waals surface area contributed by atoms with Crippen LogP contribution in [0.15, 0.2) is 42.5 Å². The summed E-state index contributed by atoms with van der Waals surface area (Å²) in [6.07, 6.45) is 0. The lowest BCUT2D eigenvalue weighted by molar-refractivity contribution is 0.0806. The summed E-state index contributed by atoms with van der Waals surface area (Å²) in [5.41, 5.74) is 1.83. The molecule has 0 saturated heterocycles. The highest BCUT2D eigenvalue weighted by molar-refractivity contribution is 6.31. The summed E-state index contributed by atoms with van der Waals surface area (Å²) in [7, 11) is 0. The van der Waals surface area contributed by atoms with Crippen molar-refractivity contribution in [1.29, 1.82) is 0 Å². The van der Waals surface area contributed by atoms with Gasteiger partial charge < -0.3 is 14.4 Å². The Balaban J connectivity index is 1.74. The number of fused-ring (bicyclic) bond motifs is 1. The van der Waals surface area contributed by atoms with Crippen molar-refractivity contribution in [3.8, 4) is 17.7 Å². The van der Waals surface area contributed by atoms with Crippen LogP contribution in [0, 0.1) is 17.7 Å². The molecule has 3 aromatic rings. The van der Waals surface area contributed by atoms with Crippen molar-refractivity contribution in [1.82, 2.24) is 14.9 Å². The van der Waals surface area contributed by atoms with E-state index in [9.17, 15) is 4.39 Å². The first-order chi connectivity index (χ1) is 15.1. The van der Waals surface area contributed by atoms with Gasteiger partial charge in [-0.25, -0.2) is 14.4 Å². The van der Waals surface area contributed by atoms with Gasteiger partial charge in [-0.1, -0.05) is 43.5 Å². The van der Waals surface area contributed by atoms with Crippen molar-refractivity contribution in [2.45, 2.75) is 13.8 Å². The van der Waals surface area contributed by atoms with Crippen LogP contribution in [0.2, 0.25) is 5.02 Å². The molecule has 0 unspecified atom stereocenters. The Bertz CT molecular complexity index is 1080. The zero-order valence-corrected chi connectivity index (χ0v) is 18.5. The first-order valence-electron chi connectivity index (χ1n) is 10.3. The molecule has 0 atom stereocenters. The zero-order valence-electron chi connectivity index (χ0n) is 17.7. The molecule has 7 heteroatoms. The van der Waals surface area contributed by atoms with E-state index >= 15 is 0 Å². The molecule has 0 amide bonds. The minimum absolute atomic E-state index is 0.279. The lowest BCUT2D eigenvalue weighted by Gasteiger charge is -2.17. The van der Waals surface area contributed by atoms with Gasteiger partial charge in [0, 0.05) is 11.6 Å². The molecule has 31 heavy (non-hydrogen) atoms. The molecule has 0 radical (unpaired) electrons. The monoisotopic (exact) mass is 441 g/mol. The van der Waals surface area contributed by atoms with Gasteiger partial charge in [0.05, 0.1) is 29.8 Å². The second-order valence-corrected chi connectivity index (χ2v) is 7.16. The van der Waals surface area contributed by atoms with Crippen molar-refractivity contribution in [2.75, 3.05) is 39.5 Å². The van der Waals surface area contributed by atoms with Gasteiger partial charge in [0.1, 0.15) is 12.4 Å². The van der Waals surface area contributed by atoms with E-state index in [1.165, 1.54) is 6.07 Å². The summed E-state index contributed by atoms with van der Waals surface area (Å²) in [6, 6.07) is 11.5. The smallest absolute Gasteiger partial charge is 0.249 e. The molecule has 0 N–H and O–H groups in total. The molecular formula is C24H25ClFN3O2. The minimum Gasteiger partial charge on any atom is -0.473 e. The summed E-state index contributed by atoms with van der Waals surface area (Å²) in [5.74, 6) is 5.58. The van der Waals surface area contributed by atoms with Crippen LogP contribution in [0.4, 0.5) is 4.39 Å². The fraction of sp³-hybridized carbons (Fsp3) is 0.333. The van der Waals surface area contributed by atoms with Crippen LogP contribution in [0.5, 0.6) is 5.88 Å². The molecule has 3 rings (SSSR count). The van der Waals surface area contributed by atoms with Gasteiger partial charge in [-0.2, -0.15) is 0 Å². The number of benzene rings is 2. The molecule has 0 saturated carbocycles. The van der Waals surface area contributed by atoms with Crippen LogP contribution >= 0.6 is 11.6 Å². The van der Waals surface area contributed by atoms with Gasteiger partial charge in [-0.05, 0) is 49.3 Å². The van der Waals surface area contributed by atoms with E-state index < -0.39 is 5.82 Å². The van der Waals surface area contributed by atoms with Crippen LogP contribution in [0.3, 0.4) is 0 Å². The number of rotatable bonds is 9. The molecule has 0 aliphatic carbocycles. The molecule has 0 aliphatic heterocycles. The Morgan fingerprint density at radius 1 is 0.968 bits per heavy atom. The third-order valence-corrected chi connectivity index (χ3v) is 4.93. The van der Waals surface area contributed by atoms with E-state index in [1.54, 1.807) is 36.4 Å². The van der Waals surface area contributed by atoms with Crippen LogP contribution in [-0.2, 0) is 4.74 Å². The van der Waals surface area contributed by atoms with Gasteiger partial charge in [0.25, 0.3) is 0 Å². The topological polar surface area (TPSA) is 47.5 Å². The van der Waals surface area contributed by atoms with Gasteiger partial charge >= 0.3 is 0 Å². The zero-order chi connectivity index (χ0) is 22.1. The fourth-order valence-electron chi connectivity index (χ4n) is 2.92. The number of nitrogens with zero attached hydrogens (tertiary/aromatic N) is 3. The van der Waals surface area contributed by atoms with Crippen molar-refractivity contribution in [2.24, 2.45) is 0 Å². The average molecular weight is 442 g/mol. The van der Waals surface area contributed by atoms with Gasteiger partial charge in [-0.15, -0.1) is 0 Å². The normalized spacial score (nSPS) is 10.9. The molecule has 0 spiro atoms. The molecule has 1 heterocycles. The van der Waals surface area contributed by atoms with Crippen molar-refractivity contribution in [3.63, 3.8) is 0 Å². The molecule has 0 aliphatic rings. The molecule has 5 nitrogen and oxygen atoms in total. The number of aromatic nitrogens is 2. The van der Waals surface area contributed by atoms with Crippen molar-refractivity contribution in [3.05, 3.63) is 64.6 Å². The van der Waals surface area contributed by atoms with Crippen LogP contribution < -0.4 is 4.74 Å². The fourth-order valence-corrected chi connectivity index (χ4v) is 3.08. The quantitative estimate of drug-likeness (QED) is 0.360. The standard InChI is InChI=1S/C24H25ClFN3O2/c1-3-29(4-2)13-14-30-15-16-31-24-22(11-9-18-7-5-6-8-20(18)26)27-23-17-19(25)10-12-21(23)28-24/h5-8,10,12,17H,3-4,13-16H2,1-2H3. The second-order valence-electron chi connectivity index (χ2n) is 6.73. The molecule has 1 aromatic heterocycles. The number of hydrogen-bond acceptors (Lipinski definition) is 5. The van der Waals surface area contributed by atoms with Gasteiger partial charge in [0.2, 0.25) is 5.88 Å². The highest BCUT2D eigenvalue weighted by Crippen LogP contribution is 2.21. The number of ether oxygens (including phenoxy) is 2. The van der Waals surface area contributed by atoms with E-state index in [0.717, 1.165) is 19.6 Å². The lowest BCUT2D eigenvalue weighted by atomic mass is 10.2. The SMILES string of the molecule is CCN(CC)CCOCCOc1nc2ccc(Cl)cc2nc1C#Cc1ccccc1F. The molecule has 0 fully saturated rings. The average Bonchev–Trinajstić information content (AvgIpc) is 2.78. The maximum absolute atomic E-state index is 13.9. The summed E-state index contributed by atoms with van der Waals surface area (Å²) < 4.78 is 25.4. The van der Waals surface area contributed by atoms with Gasteiger partial charge in [-0.3, -0.25) is 0 Å². The highest BCUT2D eigenvalue weighted by Gasteiger charge is 2.10. The Labute approximate surface area is 187 Å². The number of likely N-dealkylation sites (N-methyl/N-ethyl adjacent to an activating group) is 1. The number of halogens is 2. The van der Waals surface area contributed by atoms with Gasteiger partial charge in [0.15, 0.2) is 5.69 Å². The highest BCUT2D eigenvalue weighted by atomic mass is 35.5. The lowest BCUT2D eigenvalue weighted by Crippen LogP contribution is -2.27. The molecular weight excluding hydrogens is 417 g/mol. The number of hydrogen-bond donors (Lipinski definition) is 0. The van der Waals surface area contributed by atoms with E-state index in [-0.39, 0.29) is 11.4 Å². The van der Waals surface area contributed by atoms with E-state index in [4.69, 9.17) is 21.1 Å². The van der Waals surface area contributed by atoms with E-state index in [1.807, 2.05) is 0 Å². The van der Waals surface area contributed by atoms with Crippen LogP contribution in [0.25, 0.3) is 11.0 Å². The summed E-state index contributed by atoms with van der Waals surface area (Å²) in [6.45, 7) is 8.48. The third-order valence-electron chi connectivity index (χ3n) is 4.70. The Morgan fingerprint density at radius 3 is 2.55 bits per heavy atom. The molecule has 2 aromatic carbocycles.